The smallest absolute Gasteiger partial charge is 0.258 e. The summed E-state index contributed by atoms with van der Waals surface area (Å²) in [6.07, 6.45) is 1.93. The molecule has 4 nitrogen and oxygen atoms in total. The highest BCUT2D eigenvalue weighted by Gasteiger charge is 2.25. The molecule has 1 aliphatic heterocycles. The van der Waals surface area contributed by atoms with E-state index in [2.05, 4.69) is 26.2 Å². The molecule has 3 aromatic rings. The summed E-state index contributed by atoms with van der Waals surface area (Å²) in [5.41, 5.74) is 2.22. The molecule has 28 heavy (non-hydrogen) atoms. The van der Waals surface area contributed by atoms with Gasteiger partial charge in [0.25, 0.3) is 5.91 Å². The van der Waals surface area contributed by atoms with Crippen molar-refractivity contribution < 1.29 is 9.18 Å². The molecule has 0 unspecified atom stereocenters. The Labute approximate surface area is 178 Å². The highest BCUT2D eigenvalue weighted by molar-refractivity contribution is 9.10. The number of aromatic nitrogens is 1. The summed E-state index contributed by atoms with van der Waals surface area (Å²) in [5, 5.41) is 6.70. The Morgan fingerprint density at radius 3 is 2.68 bits per heavy atom. The Morgan fingerprint density at radius 2 is 1.93 bits per heavy atom. The maximum Gasteiger partial charge on any atom is 0.258 e. The van der Waals surface area contributed by atoms with Crippen molar-refractivity contribution >= 4 is 61.8 Å². The van der Waals surface area contributed by atoms with E-state index in [1.54, 1.807) is 28.8 Å². The largest absolute Gasteiger partial charge is 0.332 e. The maximum atomic E-state index is 13.0. The summed E-state index contributed by atoms with van der Waals surface area (Å²) in [6.45, 7) is 0.677. The first-order valence-corrected chi connectivity index (χ1v) is 11.1. The van der Waals surface area contributed by atoms with Crippen molar-refractivity contribution in [3.63, 3.8) is 0 Å². The monoisotopic (exact) mass is 475 g/mol. The summed E-state index contributed by atoms with van der Waals surface area (Å²) in [4.78, 5) is 19.2. The van der Waals surface area contributed by atoms with Crippen LogP contribution in [0, 0.1) is 5.82 Å². The summed E-state index contributed by atoms with van der Waals surface area (Å²) in [7, 11) is 0. The summed E-state index contributed by atoms with van der Waals surface area (Å²) >= 11 is 6.50. The molecule has 1 aliphatic rings. The lowest BCUT2D eigenvalue weighted by atomic mass is 10.2. The molecule has 1 saturated heterocycles. The number of hydrogen-bond acceptors (Lipinski definition) is 5. The van der Waals surface area contributed by atoms with Gasteiger partial charge in [0.05, 0.1) is 10.7 Å². The molecule has 0 aliphatic carbocycles. The topological polar surface area (TPSA) is 45.2 Å². The summed E-state index contributed by atoms with van der Waals surface area (Å²) < 4.78 is 14.0. The molecule has 142 valence electrons. The van der Waals surface area contributed by atoms with E-state index in [1.165, 1.54) is 23.5 Å². The third-order valence-corrected chi connectivity index (χ3v) is 6.38. The number of nitrogens with zero attached hydrogens (tertiary/aromatic N) is 2. The van der Waals surface area contributed by atoms with Crippen LogP contribution in [0.15, 0.2) is 63.4 Å². The molecule has 1 aromatic heterocycles. The normalized spacial score (nSPS) is 15.2. The van der Waals surface area contributed by atoms with Crippen molar-refractivity contribution in [2.24, 2.45) is 0 Å². The molecule has 1 amide bonds. The minimum absolute atomic E-state index is 0.0105. The number of thioether (sulfide) groups is 1. The van der Waals surface area contributed by atoms with Crippen LogP contribution in [0.1, 0.15) is 16.1 Å². The Hall–Kier alpha value is -2.16. The van der Waals surface area contributed by atoms with E-state index in [-0.39, 0.29) is 11.7 Å². The molecule has 2 aromatic carbocycles. The van der Waals surface area contributed by atoms with E-state index < -0.39 is 0 Å². The van der Waals surface area contributed by atoms with Crippen molar-refractivity contribution in [1.29, 1.82) is 0 Å². The fourth-order valence-electron chi connectivity index (χ4n) is 2.69. The standard InChI is InChI=1S/C20H15BrFN3OS2/c21-14-3-1-13(2-4-14)19(26)25-9-10-27-18(25)11-17-12-28-20(24-17)23-16-7-5-15(22)6-8-16/h1-8,11-12H,9-10H2,(H,23,24)/b18-11+. The van der Waals surface area contributed by atoms with Crippen LogP contribution in [0.25, 0.3) is 6.08 Å². The van der Waals surface area contributed by atoms with E-state index in [1.807, 2.05) is 35.7 Å². The van der Waals surface area contributed by atoms with Gasteiger partial charge in [0.15, 0.2) is 5.13 Å². The maximum absolute atomic E-state index is 13.0. The second kappa shape index (κ2) is 8.46. The highest BCUT2D eigenvalue weighted by atomic mass is 79.9. The number of anilines is 2. The predicted octanol–water partition coefficient (Wildman–Crippen LogP) is 5.98. The molecule has 4 rings (SSSR count). The van der Waals surface area contributed by atoms with Gasteiger partial charge in [-0.15, -0.1) is 23.1 Å². The van der Waals surface area contributed by atoms with Crippen LogP contribution < -0.4 is 5.32 Å². The molecule has 1 fully saturated rings. The van der Waals surface area contributed by atoms with Crippen LogP contribution in [0.3, 0.4) is 0 Å². The second-order valence-electron chi connectivity index (χ2n) is 6.00. The van der Waals surface area contributed by atoms with Gasteiger partial charge in [-0.25, -0.2) is 9.37 Å². The molecule has 0 atom stereocenters. The quantitative estimate of drug-likeness (QED) is 0.504. The first-order chi connectivity index (χ1) is 13.6. The fourth-order valence-corrected chi connectivity index (χ4v) is 4.66. The Balaban J connectivity index is 1.50. The van der Waals surface area contributed by atoms with Crippen LogP contribution in [0.5, 0.6) is 0 Å². The van der Waals surface area contributed by atoms with Gasteiger partial charge in [-0.2, -0.15) is 0 Å². The third kappa shape index (κ3) is 4.45. The number of hydrogen-bond donors (Lipinski definition) is 1. The van der Waals surface area contributed by atoms with Gasteiger partial charge >= 0.3 is 0 Å². The van der Waals surface area contributed by atoms with Crippen LogP contribution in [0.4, 0.5) is 15.2 Å². The van der Waals surface area contributed by atoms with Crippen molar-refractivity contribution in [1.82, 2.24) is 9.88 Å². The zero-order valence-corrected chi connectivity index (χ0v) is 17.8. The number of benzene rings is 2. The average Bonchev–Trinajstić information content (AvgIpc) is 3.33. The molecule has 0 spiro atoms. The molecular weight excluding hydrogens is 461 g/mol. The van der Waals surface area contributed by atoms with Gasteiger partial charge in [0, 0.05) is 33.4 Å². The van der Waals surface area contributed by atoms with Gasteiger partial charge in [-0.3, -0.25) is 4.79 Å². The Morgan fingerprint density at radius 1 is 1.18 bits per heavy atom. The molecule has 1 N–H and O–H groups in total. The molecular formula is C20H15BrFN3OS2. The highest BCUT2D eigenvalue weighted by Crippen LogP contribution is 2.32. The summed E-state index contributed by atoms with van der Waals surface area (Å²) in [5.74, 6) is 0.575. The van der Waals surface area contributed by atoms with Crippen LogP contribution in [-0.2, 0) is 0 Å². The Bertz CT molecular complexity index is 1020. The second-order valence-corrected chi connectivity index (χ2v) is 8.89. The van der Waals surface area contributed by atoms with E-state index in [4.69, 9.17) is 0 Å². The Kier molecular flexibility index (Phi) is 5.79. The van der Waals surface area contributed by atoms with Crippen LogP contribution >= 0.6 is 39.0 Å². The number of carbonyl (C=O) groups excluding carboxylic acids is 1. The van der Waals surface area contributed by atoms with E-state index >= 15 is 0 Å². The first-order valence-electron chi connectivity index (χ1n) is 8.48. The van der Waals surface area contributed by atoms with E-state index in [0.29, 0.717) is 17.2 Å². The van der Waals surface area contributed by atoms with Gasteiger partial charge in [0.2, 0.25) is 0 Å². The van der Waals surface area contributed by atoms with Crippen molar-refractivity contribution in [2.45, 2.75) is 0 Å². The van der Waals surface area contributed by atoms with Crippen LogP contribution in [0.2, 0.25) is 0 Å². The lowest BCUT2D eigenvalue weighted by Crippen LogP contribution is -2.26. The number of thiazole rings is 1. The van der Waals surface area contributed by atoms with Crippen molar-refractivity contribution in [3.05, 3.63) is 80.5 Å². The van der Waals surface area contributed by atoms with Crippen LogP contribution in [-0.4, -0.2) is 28.1 Å². The van der Waals surface area contributed by atoms with Crippen molar-refractivity contribution in [3.8, 4) is 0 Å². The van der Waals surface area contributed by atoms with Gasteiger partial charge < -0.3 is 10.2 Å². The third-order valence-electron chi connectivity index (χ3n) is 4.06. The number of carbonyl (C=O) groups is 1. The zero-order valence-electron chi connectivity index (χ0n) is 14.6. The minimum atomic E-state index is -0.274. The lowest BCUT2D eigenvalue weighted by molar-refractivity contribution is 0.0831. The summed E-state index contributed by atoms with van der Waals surface area (Å²) in [6, 6.07) is 13.5. The van der Waals surface area contributed by atoms with E-state index in [0.717, 1.165) is 26.6 Å². The van der Waals surface area contributed by atoms with Gasteiger partial charge in [-0.05, 0) is 54.6 Å². The first kappa shape index (κ1) is 19.2. The molecule has 0 saturated carbocycles. The fraction of sp³-hybridized carbons (Fsp3) is 0.100. The SMILES string of the molecule is O=C(c1ccc(Br)cc1)N1CCS/C1=C/c1csc(Nc2ccc(F)cc2)n1. The predicted molar refractivity (Wildman–Crippen MR) is 117 cm³/mol. The van der Waals surface area contributed by atoms with E-state index in [9.17, 15) is 9.18 Å². The average molecular weight is 476 g/mol. The number of rotatable bonds is 4. The van der Waals surface area contributed by atoms with Crippen molar-refractivity contribution in [2.75, 3.05) is 17.6 Å². The zero-order chi connectivity index (χ0) is 19.5. The molecule has 2 heterocycles. The molecule has 0 bridgehead atoms. The van der Waals surface area contributed by atoms with Gasteiger partial charge in [0.1, 0.15) is 5.82 Å². The van der Waals surface area contributed by atoms with Gasteiger partial charge in [-0.1, -0.05) is 15.9 Å². The minimum Gasteiger partial charge on any atom is -0.332 e. The number of amides is 1. The number of nitrogens with one attached hydrogen (secondary N) is 1. The number of halogens is 2. The lowest BCUT2D eigenvalue weighted by Gasteiger charge is -2.16. The molecule has 0 radical (unpaired) electrons. The molecule has 8 heteroatoms.